The van der Waals surface area contributed by atoms with E-state index in [4.69, 9.17) is 5.73 Å². The number of halogens is 3. The third-order valence-electron chi connectivity index (χ3n) is 7.08. The van der Waals surface area contributed by atoms with Crippen LogP contribution in [0.5, 0.6) is 11.5 Å². The van der Waals surface area contributed by atoms with Crippen molar-refractivity contribution in [1.29, 1.82) is 0 Å². The molecule has 0 radical (unpaired) electrons. The summed E-state index contributed by atoms with van der Waals surface area (Å²) in [5.41, 5.74) is -2.21. The number of primary amides is 1. The number of nitrogens with two attached hydrogens (primary N) is 1. The van der Waals surface area contributed by atoms with Crippen molar-refractivity contribution >= 4 is 28.9 Å². The van der Waals surface area contributed by atoms with Crippen molar-refractivity contribution < 1.29 is 57.6 Å². The summed E-state index contributed by atoms with van der Waals surface area (Å²) in [6, 6.07) is -1.08. The monoisotopic (exact) mass is 543 g/mol. The molecule has 16 heteroatoms. The van der Waals surface area contributed by atoms with Crippen LogP contribution >= 0.6 is 0 Å². The van der Waals surface area contributed by atoms with Gasteiger partial charge in [-0.15, -0.1) is 13.2 Å². The van der Waals surface area contributed by atoms with Gasteiger partial charge in [-0.2, -0.15) is 0 Å². The van der Waals surface area contributed by atoms with E-state index in [1.807, 2.05) is 0 Å². The highest BCUT2D eigenvalue weighted by molar-refractivity contribution is 6.24. The Labute approximate surface area is 210 Å². The molecule has 0 aliphatic heterocycles. The molecule has 0 spiro atoms. The van der Waals surface area contributed by atoms with Crippen LogP contribution in [-0.4, -0.2) is 79.8 Å². The molecule has 1 aromatic carbocycles. The average Bonchev–Trinajstić information content (AvgIpc) is 2.76. The van der Waals surface area contributed by atoms with Crippen molar-refractivity contribution in [2.75, 3.05) is 14.1 Å². The number of ketones is 2. The lowest BCUT2D eigenvalue weighted by Gasteiger charge is -2.50. The first-order valence-electron chi connectivity index (χ1n) is 10.9. The van der Waals surface area contributed by atoms with Gasteiger partial charge in [0.2, 0.25) is 11.5 Å². The summed E-state index contributed by atoms with van der Waals surface area (Å²) >= 11 is 0. The number of alkyl halides is 3. The van der Waals surface area contributed by atoms with E-state index in [1.54, 1.807) is 0 Å². The number of carbonyl (C=O) groups is 3. The fourth-order valence-corrected chi connectivity index (χ4v) is 5.62. The number of nitro groups is 1. The molecular formula is C22H20F3N3O10. The predicted octanol–water partition coefficient (Wildman–Crippen LogP) is 0.771. The number of aliphatic hydroxyl groups excluding tert-OH is 2. The number of Topliss-reactive ketones (excluding diaryl/α,β-unsaturated/α-hetero) is 2. The van der Waals surface area contributed by atoms with Crippen molar-refractivity contribution in [2.45, 2.75) is 30.8 Å². The van der Waals surface area contributed by atoms with Gasteiger partial charge >= 0.3 is 12.0 Å². The second-order valence-electron chi connectivity index (χ2n) is 9.36. The second-order valence-corrected chi connectivity index (χ2v) is 9.36. The van der Waals surface area contributed by atoms with Gasteiger partial charge in [-0.25, -0.2) is 0 Å². The quantitative estimate of drug-likeness (QED) is 0.203. The number of nitro benzene ring substituents is 1. The van der Waals surface area contributed by atoms with Gasteiger partial charge in [-0.05, 0) is 32.9 Å². The third kappa shape index (κ3) is 3.66. The maximum absolute atomic E-state index is 13.7. The van der Waals surface area contributed by atoms with Crippen LogP contribution < -0.4 is 10.5 Å². The van der Waals surface area contributed by atoms with Crippen LogP contribution in [0.15, 0.2) is 23.0 Å². The number of amides is 1. The van der Waals surface area contributed by atoms with Crippen LogP contribution in [0.3, 0.4) is 0 Å². The zero-order chi connectivity index (χ0) is 28.6. The Morgan fingerprint density at radius 2 is 1.87 bits per heavy atom. The van der Waals surface area contributed by atoms with Crippen molar-refractivity contribution in [3.63, 3.8) is 0 Å². The molecule has 38 heavy (non-hydrogen) atoms. The Bertz CT molecular complexity index is 1380. The molecule has 3 aliphatic carbocycles. The highest BCUT2D eigenvalue weighted by atomic mass is 19.4. The molecule has 4 atom stereocenters. The van der Waals surface area contributed by atoms with E-state index < -0.39 is 116 Å². The van der Waals surface area contributed by atoms with E-state index in [9.17, 15) is 58.1 Å². The fraction of sp³-hybridized carbons (Fsp3) is 0.409. The first kappa shape index (κ1) is 26.9. The summed E-state index contributed by atoms with van der Waals surface area (Å²) in [5, 5.41) is 55.0. The molecule has 0 heterocycles. The Balaban J connectivity index is 2.02. The molecule has 1 fully saturated rings. The van der Waals surface area contributed by atoms with Crippen LogP contribution in [0.1, 0.15) is 17.5 Å². The first-order valence-corrected chi connectivity index (χ1v) is 10.9. The van der Waals surface area contributed by atoms with Crippen molar-refractivity contribution in [1.82, 2.24) is 4.90 Å². The number of hydrogen-bond acceptors (Lipinski definition) is 11. The van der Waals surface area contributed by atoms with Gasteiger partial charge in [-0.1, -0.05) is 0 Å². The first-order chi connectivity index (χ1) is 17.4. The second kappa shape index (κ2) is 8.42. The normalized spacial score (nSPS) is 27.2. The average molecular weight is 543 g/mol. The molecule has 204 valence electrons. The lowest BCUT2D eigenvalue weighted by molar-refractivity contribution is -0.386. The topological polar surface area (TPSA) is 214 Å². The van der Waals surface area contributed by atoms with E-state index in [-0.39, 0.29) is 0 Å². The van der Waals surface area contributed by atoms with Gasteiger partial charge in [0, 0.05) is 17.1 Å². The Morgan fingerprint density at radius 1 is 1.26 bits per heavy atom. The molecule has 1 amide bonds. The molecule has 1 aromatic rings. The largest absolute Gasteiger partial charge is 0.573 e. The lowest BCUT2D eigenvalue weighted by Crippen LogP contribution is -2.65. The zero-order valence-electron chi connectivity index (χ0n) is 19.6. The molecule has 0 bridgehead atoms. The lowest BCUT2D eigenvalue weighted by atomic mass is 9.57. The Morgan fingerprint density at radius 3 is 2.37 bits per heavy atom. The summed E-state index contributed by atoms with van der Waals surface area (Å²) in [7, 11) is 2.75. The molecule has 0 unspecified atom stereocenters. The van der Waals surface area contributed by atoms with Gasteiger partial charge in [0.05, 0.1) is 22.6 Å². The summed E-state index contributed by atoms with van der Waals surface area (Å²) < 4.78 is 43.2. The SMILES string of the molecule is CN(C)[C@@H]1C(=O)C(C(N)=O)=C(O)[C@@]2(O)C(=O)C3=C(O)c4c(O)c([N+](=O)[O-])cc(OC(F)(F)F)c4C[C@H]3C[C@@H]12. The Kier molecular flexibility index (Phi) is 5.95. The maximum Gasteiger partial charge on any atom is 0.573 e. The number of likely N-dealkylation sites (N-methyl/N-ethyl adjacent to an activating group) is 1. The summed E-state index contributed by atoms with van der Waals surface area (Å²) in [4.78, 5) is 50.0. The zero-order valence-corrected chi connectivity index (χ0v) is 19.6. The number of aromatic hydroxyl groups is 1. The van der Waals surface area contributed by atoms with E-state index in [0.29, 0.717) is 6.07 Å². The number of aliphatic hydroxyl groups is 3. The van der Waals surface area contributed by atoms with E-state index in [0.717, 1.165) is 0 Å². The highest BCUT2D eigenvalue weighted by Gasteiger charge is 2.64. The van der Waals surface area contributed by atoms with Gasteiger partial charge in [0.25, 0.3) is 5.91 Å². The van der Waals surface area contributed by atoms with Crippen molar-refractivity contribution in [2.24, 2.45) is 17.6 Å². The van der Waals surface area contributed by atoms with Crippen LogP contribution in [-0.2, 0) is 20.8 Å². The van der Waals surface area contributed by atoms with Crippen LogP contribution in [0.25, 0.3) is 5.76 Å². The number of nitrogens with zero attached hydrogens (tertiary/aromatic N) is 2. The number of benzene rings is 1. The number of carbonyl (C=O) groups excluding carboxylic acids is 3. The van der Waals surface area contributed by atoms with Gasteiger partial charge in [0.1, 0.15) is 22.8 Å². The van der Waals surface area contributed by atoms with Gasteiger partial charge in [-0.3, -0.25) is 29.4 Å². The minimum absolute atomic E-state index is 0.321. The van der Waals surface area contributed by atoms with E-state index in [1.165, 1.54) is 19.0 Å². The number of ether oxygens (including phenoxy) is 1. The number of rotatable bonds is 4. The smallest absolute Gasteiger partial charge is 0.508 e. The Hall–Kier alpha value is -4.18. The minimum atomic E-state index is -5.32. The number of hydrogen-bond donors (Lipinski definition) is 5. The van der Waals surface area contributed by atoms with Gasteiger partial charge in [0.15, 0.2) is 11.4 Å². The highest BCUT2D eigenvalue weighted by Crippen LogP contribution is 2.55. The van der Waals surface area contributed by atoms with Crippen LogP contribution in [0.2, 0.25) is 0 Å². The molecular weight excluding hydrogens is 523 g/mol. The van der Waals surface area contributed by atoms with Crippen molar-refractivity contribution in [3.8, 4) is 11.5 Å². The molecule has 4 rings (SSSR count). The summed E-state index contributed by atoms with van der Waals surface area (Å²) in [6.45, 7) is 0. The fourth-order valence-electron chi connectivity index (χ4n) is 5.62. The van der Waals surface area contributed by atoms with Crippen LogP contribution in [0, 0.1) is 22.0 Å². The van der Waals surface area contributed by atoms with Crippen LogP contribution in [0.4, 0.5) is 18.9 Å². The molecule has 0 saturated heterocycles. The summed E-state index contributed by atoms with van der Waals surface area (Å²) in [6.07, 6.45) is -6.27. The molecule has 0 aromatic heterocycles. The summed E-state index contributed by atoms with van der Waals surface area (Å²) in [5.74, 6) is -11.5. The number of phenolic OH excluding ortho intramolecular Hbond substituents is 1. The predicted molar refractivity (Wildman–Crippen MR) is 118 cm³/mol. The van der Waals surface area contributed by atoms with Crippen molar-refractivity contribution in [3.05, 3.63) is 44.2 Å². The number of fused-ring (bicyclic) bond motifs is 3. The van der Waals surface area contributed by atoms with Gasteiger partial charge < -0.3 is 30.9 Å². The minimum Gasteiger partial charge on any atom is -0.508 e. The molecule has 6 N–H and O–H groups in total. The molecule has 1 saturated carbocycles. The van der Waals surface area contributed by atoms with E-state index >= 15 is 0 Å². The maximum atomic E-state index is 13.7. The van der Waals surface area contributed by atoms with E-state index in [2.05, 4.69) is 4.74 Å². The standard InChI is InChI=1S/C22H20F3N3O10/c1-27(2)14-8-4-6-3-7-10(38-22(23,24)25)5-9(28(36)37)15(29)12(7)16(30)11(6)18(32)21(8,35)19(33)13(17(14)31)20(26)34/h5-6,8,14,29-30,33,35H,3-4H2,1-2H3,(H2,26,34)/t6-,8-,14-,21-/m0/s1. The molecule has 3 aliphatic rings. The number of phenols is 1. The third-order valence-corrected chi connectivity index (χ3v) is 7.08. The molecule has 13 nitrogen and oxygen atoms in total.